The molecule has 1 atom stereocenters. The molecule has 5 rings (SSSR count). The van der Waals surface area contributed by atoms with Gasteiger partial charge in [0.15, 0.2) is 9.84 Å². The van der Waals surface area contributed by atoms with E-state index in [1.807, 2.05) is 58.2 Å². The van der Waals surface area contributed by atoms with E-state index in [4.69, 9.17) is 16.7 Å². The van der Waals surface area contributed by atoms with Gasteiger partial charge in [-0.2, -0.15) is 5.10 Å². The zero-order chi connectivity index (χ0) is 23.7. The first-order valence-electron chi connectivity index (χ1n) is 11.5. The van der Waals surface area contributed by atoms with Crippen molar-refractivity contribution in [3.8, 4) is 11.3 Å². The summed E-state index contributed by atoms with van der Waals surface area (Å²) in [6.07, 6.45) is 2.51. The predicted octanol–water partition coefficient (Wildman–Crippen LogP) is 3.20. The molecule has 9 heteroatoms. The number of hydrogen-bond donors (Lipinski definition) is 0. The molecule has 2 saturated heterocycles. The van der Waals surface area contributed by atoms with Gasteiger partial charge >= 0.3 is 0 Å². The van der Waals surface area contributed by atoms with Crippen molar-refractivity contribution >= 4 is 27.3 Å². The van der Waals surface area contributed by atoms with E-state index in [2.05, 4.69) is 4.90 Å². The Hall–Kier alpha value is -2.68. The van der Waals surface area contributed by atoms with Crippen LogP contribution in [0.3, 0.4) is 0 Å². The highest BCUT2D eigenvalue weighted by atomic mass is 35.5. The molecule has 3 heterocycles. The Morgan fingerprint density at radius 2 is 1.71 bits per heavy atom. The number of sulfone groups is 1. The Kier molecular flexibility index (Phi) is 6.46. The summed E-state index contributed by atoms with van der Waals surface area (Å²) < 4.78 is 25.5. The Labute approximate surface area is 204 Å². The SMILES string of the molecule is O=C(c1cn(Cc2ccccc2)nc1-c1ccc(Cl)cc1)N1CCN(C2CCS(=O)(=O)C2)CC1. The van der Waals surface area contributed by atoms with E-state index in [-0.39, 0.29) is 23.5 Å². The van der Waals surface area contributed by atoms with Gasteiger partial charge in [-0.05, 0) is 24.1 Å². The number of aromatic nitrogens is 2. The standard InChI is InChI=1S/C25H27ClN4O3S/c26-21-8-6-20(7-9-21)24-23(17-30(27-24)16-19-4-2-1-3-5-19)25(31)29-13-11-28(12-14-29)22-10-15-34(32,33)18-22/h1-9,17,22H,10-16,18H2. The van der Waals surface area contributed by atoms with Gasteiger partial charge in [-0.3, -0.25) is 14.4 Å². The highest BCUT2D eigenvalue weighted by Gasteiger charge is 2.35. The van der Waals surface area contributed by atoms with Crippen LogP contribution in [0.5, 0.6) is 0 Å². The van der Waals surface area contributed by atoms with Gasteiger partial charge in [-0.1, -0.05) is 54.1 Å². The molecular formula is C25H27ClN4O3S. The number of benzene rings is 2. The minimum absolute atomic E-state index is 0.0528. The highest BCUT2D eigenvalue weighted by molar-refractivity contribution is 7.91. The average molecular weight is 499 g/mol. The van der Waals surface area contributed by atoms with Crippen LogP contribution in [0.25, 0.3) is 11.3 Å². The van der Waals surface area contributed by atoms with Gasteiger partial charge in [0, 0.05) is 49.0 Å². The molecule has 0 radical (unpaired) electrons. The number of rotatable bonds is 5. The molecule has 0 N–H and O–H groups in total. The van der Waals surface area contributed by atoms with E-state index >= 15 is 0 Å². The van der Waals surface area contributed by atoms with Crippen molar-refractivity contribution in [2.75, 3.05) is 37.7 Å². The molecule has 2 aliphatic rings. The topological polar surface area (TPSA) is 75.5 Å². The molecule has 178 valence electrons. The minimum atomic E-state index is -2.92. The molecular weight excluding hydrogens is 472 g/mol. The Morgan fingerprint density at radius 1 is 1.00 bits per heavy atom. The Morgan fingerprint density at radius 3 is 2.35 bits per heavy atom. The maximum absolute atomic E-state index is 13.6. The monoisotopic (exact) mass is 498 g/mol. The largest absolute Gasteiger partial charge is 0.336 e. The van der Waals surface area contributed by atoms with Crippen molar-refractivity contribution in [2.24, 2.45) is 0 Å². The summed E-state index contributed by atoms with van der Waals surface area (Å²) in [5.41, 5.74) is 3.15. The van der Waals surface area contributed by atoms with E-state index in [9.17, 15) is 13.2 Å². The first-order valence-corrected chi connectivity index (χ1v) is 13.7. The lowest BCUT2D eigenvalue weighted by molar-refractivity contribution is 0.0588. The molecule has 0 saturated carbocycles. The molecule has 2 fully saturated rings. The van der Waals surface area contributed by atoms with Crippen molar-refractivity contribution in [1.29, 1.82) is 0 Å². The van der Waals surface area contributed by atoms with Crippen molar-refractivity contribution < 1.29 is 13.2 Å². The summed E-state index contributed by atoms with van der Waals surface area (Å²) in [6.45, 7) is 3.07. The first kappa shape index (κ1) is 23.1. The summed E-state index contributed by atoms with van der Waals surface area (Å²) >= 11 is 6.08. The molecule has 0 bridgehead atoms. The third kappa shape index (κ3) is 5.04. The second-order valence-corrected chi connectivity index (χ2v) is 11.6. The van der Waals surface area contributed by atoms with Gasteiger partial charge in [0.1, 0.15) is 5.69 Å². The van der Waals surface area contributed by atoms with Crippen molar-refractivity contribution in [1.82, 2.24) is 19.6 Å². The zero-order valence-electron chi connectivity index (χ0n) is 18.8. The number of hydrogen-bond acceptors (Lipinski definition) is 5. The molecule has 1 aromatic heterocycles. The molecule has 1 unspecified atom stereocenters. The van der Waals surface area contributed by atoms with Crippen LogP contribution in [0.1, 0.15) is 22.3 Å². The van der Waals surface area contributed by atoms with Crippen LogP contribution < -0.4 is 0 Å². The van der Waals surface area contributed by atoms with Crippen LogP contribution >= 0.6 is 11.6 Å². The normalized spacial score (nSPS) is 20.5. The summed E-state index contributed by atoms with van der Waals surface area (Å²) in [5.74, 6) is 0.443. The maximum Gasteiger partial charge on any atom is 0.257 e. The minimum Gasteiger partial charge on any atom is -0.336 e. The molecule has 1 amide bonds. The fourth-order valence-electron chi connectivity index (χ4n) is 4.77. The Bertz CT molecular complexity index is 1270. The van der Waals surface area contributed by atoms with Crippen LogP contribution in [0.4, 0.5) is 0 Å². The lowest BCUT2D eigenvalue weighted by Gasteiger charge is -2.37. The van der Waals surface area contributed by atoms with E-state index in [0.29, 0.717) is 55.4 Å². The second-order valence-electron chi connectivity index (χ2n) is 8.97. The number of carbonyl (C=O) groups is 1. The summed E-state index contributed by atoms with van der Waals surface area (Å²) in [4.78, 5) is 17.7. The van der Waals surface area contributed by atoms with Crippen molar-refractivity contribution in [2.45, 2.75) is 19.0 Å². The molecule has 0 aliphatic carbocycles. The molecule has 2 aromatic carbocycles. The van der Waals surface area contributed by atoms with E-state index in [1.54, 1.807) is 12.1 Å². The fourth-order valence-corrected chi connectivity index (χ4v) is 6.66. The van der Waals surface area contributed by atoms with E-state index in [1.165, 1.54) is 0 Å². The van der Waals surface area contributed by atoms with Crippen LogP contribution in [0.15, 0.2) is 60.8 Å². The van der Waals surface area contributed by atoms with Crippen LogP contribution in [0.2, 0.25) is 5.02 Å². The second kappa shape index (κ2) is 9.52. The van der Waals surface area contributed by atoms with Crippen LogP contribution in [-0.2, 0) is 16.4 Å². The lowest BCUT2D eigenvalue weighted by Crippen LogP contribution is -2.52. The highest BCUT2D eigenvalue weighted by Crippen LogP contribution is 2.26. The van der Waals surface area contributed by atoms with Gasteiger partial charge in [0.25, 0.3) is 5.91 Å². The molecule has 34 heavy (non-hydrogen) atoms. The predicted molar refractivity (Wildman–Crippen MR) is 133 cm³/mol. The smallest absolute Gasteiger partial charge is 0.257 e. The lowest BCUT2D eigenvalue weighted by atomic mass is 10.1. The number of nitrogens with zero attached hydrogens (tertiary/aromatic N) is 4. The van der Waals surface area contributed by atoms with Gasteiger partial charge in [-0.15, -0.1) is 0 Å². The molecule has 2 aliphatic heterocycles. The maximum atomic E-state index is 13.6. The molecule has 3 aromatic rings. The van der Waals surface area contributed by atoms with Gasteiger partial charge in [0.05, 0.1) is 23.6 Å². The van der Waals surface area contributed by atoms with Gasteiger partial charge in [-0.25, -0.2) is 8.42 Å². The summed E-state index contributed by atoms with van der Waals surface area (Å²) in [6, 6.07) is 17.5. The van der Waals surface area contributed by atoms with Crippen LogP contribution in [-0.4, -0.2) is 77.6 Å². The number of halogens is 1. The van der Waals surface area contributed by atoms with E-state index in [0.717, 1.165) is 11.1 Å². The Balaban J connectivity index is 1.36. The number of piperazine rings is 1. The van der Waals surface area contributed by atoms with Gasteiger partial charge in [0.2, 0.25) is 0 Å². The van der Waals surface area contributed by atoms with E-state index < -0.39 is 9.84 Å². The van der Waals surface area contributed by atoms with Crippen molar-refractivity contribution in [3.63, 3.8) is 0 Å². The molecule has 0 spiro atoms. The van der Waals surface area contributed by atoms with Crippen molar-refractivity contribution in [3.05, 3.63) is 76.9 Å². The quantitative estimate of drug-likeness (QED) is 0.540. The fraction of sp³-hybridized carbons (Fsp3) is 0.360. The van der Waals surface area contributed by atoms with Gasteiger partial charge < -0.3 is 4.90 Å². The average Bonchev–Trinajstić information content (AvgIpc) is 3.43. The summed E-state index contributed by atoms with van der Waals surface area (Å²) in [5, 5.41) is 5.39. The number of amides is 1. The third-order valence-electron chi connectivity index (χ3n) is 6.62. The third-order valence-corrected chi connectivity index (χ3v) is 8.63. The molecule has 7 nitrogen and oxygen atoms in total. The van der Waals surface area contributed by atoms with Crippen LogP contribution in [0, 0.1) is 0 Å². The number of carbonyl (C=O) groups excluding carboxylic acids is 1. The first-order chi connectivity index (χ1) is 16.4. The zero-order valence-corrected chi connectivity index (χ0v) is 20.4. The summed E-state index contributed by atoms with van der Waals surface area (Å²) in [7, 11) is -2.92.